The molecule has 1 heterocycles. The molecule has 0 saturated carbocycles. The zero-order valence-corrected chi connectivity index (χ0v) is 25.3. The van der Waals surface area contributed by atoms with E-state index in [1.807, 2.05) is 45.9 Å². The van der Waals surface area contributed by atoms with Crippen LogP contribution in [0.1, 0.15) is 63.5 Å². The van der Waals surface area contributed by atoms with Crippen molar-refractivity contribution in [2.75, 3.05) is 27.4 Å². The van der Waals surface area contributed by atoms with Crippen molar-refractivity contribution < 1.29 is 33.6 Å². The van der Waals surface area contributed by atoms with Crippen LogP contribution in [0.25, 0.3) is 0 Å². The van der Waals surface area contributed by atoms with Crippen molar-refractivity contribution in [2.24, 2.45) is 5.92 Å². The van der Waals surface area contributed by atoms with E-state index in [9.17, 15) is 14.7 Å². The first-order valence-electron chi connectivity index (χ1n) is 13.4. The molecular formula is C31H36BrNO7. The summed E-state index contributed by atoms with van der Waals surface area (Å²) in [5, 5.41) is 13.9. The standard InChI is InChI=1S/C31H36BrNO7/c1-7-39-26-14-20(10-21(32)30(26)35)28-27(31(36)40-15-16(2)3)17(4)33-22-11-19(12-23(34)29(22)28)18-8-9-24(37-5)25(13-18)38-6/h8-10,13-14,16,19,28,33,35H,7,11-12,15H2,1-6H3. The molecule has 0 aromatic heterocycles. The molecule has 1 aliphatic heterocycles. The number of halogens is 1. The third kappa shape index (κ3) is 5.84. The fourth-order valence-corrected chi connectivity index (χ4v) is 5.79. The highest BCUT2D eigenvalue weighted by Crippen LogP contribution is 2.48. The van der Waals surface area contributed by atoms with Crippen molar-refractivity contribution in [3.63, 3.8) is 0 Å². The lowest BCUT2D eigenvalue weighted by molar-refractivity contribution is -0.140. The van der Waals surface area contributed by atoms with Gasteiger partial charge in [0, 0.05) is 29.3 Å². The number of phenolic OH excluding ortho intramolecular Hbond substituents is 1. The number of phenols is 1. The van der Waals surface area contributed by atoms with Crippen molar-refractivity contribution in [3.05, 3.63) is 68.5 Å². The van der Waals surface area contributed by atoms with E-state index in [1.54, 1.807) is 26.4 Å². The molecule has 2 atom stereocenters. The van der Waals surface area contributed by atoms with E-state index in [-0.39, 0.29) is 42.1 Å². The second-order valence-corrected chi connectivity index (χ2v) is 11.3. The number of Topliss-reactive ketones (excluding diaryl/α,β-unsaturated/α-hetero) is 1. The first-order valence-corrected chi connectivity index (χ1v) is 14.2. The number of benzene rings is 2. The normalized spacial score (nSPS) is 18.9. The average molecular weight is 615 g/mol. The number of allylic oxidation sites excluding steroid dienone is 3. The van der Waals surface area contributed by atoms with Crippen LogP contribution < -0.4 is 19.5 Å². The number of ether oxygens (including phenoxy) is 4. The van der Waals surface area contributed by atoms with Gasteiger partial charge in [-0.2, -0.15) is 0 Å². The number of aromatic hydroxyl groups is 1. The minimum atomic E-state index is -0.689. The van der Waals surface area contributed by atoms with E-state index in [2.05, 4.69) is 21.2 Å². The Balaban J connectivity index is 1.82. The van der Waals surface area contributed by atoms with Crippen LogP contribution in [0.3, 0.4) is 0 Å². The summed E-state index contributed by atoms with van der Waals surface area (Å²) in [7, 11) is 3.17. The molecule has 8 nitrogen and oxygen atoms in total. The molecule has 1 aliphatic carbocycles. The molecule has 214 valence electrons. The lowest BCUT2D eigenvalue weighted by atomic mass is 9.71. The fraction of sp³-hybridized carbons (Fsp3) is 0.419. The van der Waals surface area contributed by atoms with Crippen LogP contribution in [0.5, 0.6) is 23.0 Å². The number of hydrogen-bond acceptors (Lipinski definition) is 8. The maximum atomic E-state index is 14.0. The maximum absolute atomic E-state index is 14.0. The zero-order valence-electron chi connectivity index (χ0n) is 23.7. The average Bonchev–Trinajstić information content (AvgIpc) is 2.92. The lowest BCUT2D eigenvalue weighted by Gasteiger charge is -2.37. The largest absolute Gasteiger partial charge is 0.503 e. The zero-order chi connectivity index (χ0) is 29.1. The van der Waals surface area contributed by atoms with Crippen LogP contribution in [0.2, 0.25) is 0 Å². The minimum absolute atomic E-state index is 0.0399. The van der Waals surface area contributed by atoms with Gasteiger partial charge in [0.05, 0.1) is 37.5 Å². The highest BCUT2D eigenvalue weighted by molar-refractivity contribution is 9.10. The van der Waals surface area contributed by atoms with E-state index in [0.717, 1.165) is 11.3 Å². The van der Waals surface area contributed by atoms with E-state index in [4.69, 9.17) is 18.9 Å². The molecule has 0 radical (unpaired) electrons. The molecule has 0 bridgehead atoms. The van der Waals surface area contributed by atoms with Gasteiger partial charge in [0.25, 0.3) is 0 Å². The van der Waals surface area contributed by atoms with Gasteiger partial charge in [-0.05, 0) is 83.4 Å². The number of hydrogen-bond donors (Lipinski definition) is 2. The molecule has 9 heteroatoms. The summed E-state index contributed by atoms with van der Waals surface area (Å²) in [6.45, 7) is 8.18. The molecule has 2 N–H and O–H groups in total. The number of dihydropyridines is 1. The number of methoxy groups -OCH3 is 2. The summed E-state index contributed by atoms with van der Waals surface area (Å²) >= 11 is 3.42. The third-order valence-electron chi connectivity index (χ3n) is 7.16. The predicted molar refractivity (Wildman–Crippen MR) is 155 cm³/mol. The number of nitrogens with one attached hydrogen (secondary N) is 1. The van der Waals surface area contributed by atoms with Gasteiger partial charge in [-0.15, -0.1) is 0 Å². The molecule has 2 aliphatic rings. The summed E-state index contributed by atoms with van der Waals surface area (Å²) in [5.41, 5.74) is 3.90. The van der Waals surface area contributed by atoms with Gasteiger partial charge < -0.3 is 29.4 Å². The second kappa shape index (κ2) is 12.4. The summed E-state index contributed by atoms with van der Waals surface area (Å²) < 4.78 is 22.6. The molecule has 2 unspecified atom stereocenters. The second-order valence-electron chi connectivity index (χ2n) is 10.4. The fourth-order valence-electron chi connectivity index (χ4n) is 5.33. The molecule has 4 rings (SSSR count). The van der Waals surface area contributed by atoms with Crippen molar-refractivity contribution in [3.8, 4) is 23.0 Å². The van der Waals surface area contributed by atoms with E-state index >= 15 is 0 Å². The van der Waals surface area contributed by atoms with Gasteiger partial charge >= 0.3 is 5.97 Å². The van der Waals surface area contributed by atoms with Crippen molar-refractivity contribution in [1.82, 2.24) is 5.32 Å². The first-order chi connectivity index (χ1) is 19.1. The number of ketones is 1. The molecule has 0 spiro atoms. The first kappa shape index (κ1) is 29.5. The Morgan fingerprint density at radius 1 is 1.07 bits per heavy atom. The summed E-state index contributed by atoms with van der Waals surface area (Å²) in [4.78, 5) is 27.4. The topological polar surface area (TPSA) is 103 Å². The van der Waals surface area contributed by atoms with E-state index in [1.165, 1.54) is 0 Å². The van der Waals surface area contributed by atoms with Gasteiger partial charge in [-0.25, -0.2) is 4.79 Å². The molecule has 0 amide bonds. The van der Waals surface area contributed by atoms with Gasteiger partial charge in [0.15, 0.2) is 28.8 Å². The van der Waals surface area contributed by atoms with E-state index in [0.29, 0.717) is 51.4 Å². The Morgan fingerprint density at radius 2 is 1.77 bits per heavy atom. The SMILES string of the molecule is CCOc1cc(C2C(C(=O)OCC(C)C)=C(C)NC3=C2C(=O)CC(c2ccc(OC)c(OC)c2)C3)cc(Br)c1O. The van der Waals surface area contributed by atoms with Crippen LogP contribution in [-0.4, -0.2) is 44.3 Å². The molecular weight excluding hydrogens is 578 g/mol. The van der Waals surface area contributed by atoms with Crippen LogP contribution in [-0.2, 0) is 14.3 Å². The Bertz CT molecular complexity index is 1380. The van der Waals surface area contributed by atoms with Crippen molar-refractivity contribution in [2.45, 2.75) is 52.4 Å². The maximum Gasteiger partial charge on any atom is 0.336 e. The molecule has 0 fully saturated rings. The Morgan fingerprint density at radius 3 is 2.42 bits per heavy atom. The van der Waals surface area contributed by atoms with Crippen molar-refractivity contribution in [1.29, 1.82) is 0 Å². The molecule has 0 saturated heterocycles. The van der Waals surface area contributed by atoms with Gasteiger partial charge in [-0.3, -0.25) is 4.79 Å². The summed E-state index contributed by atoms with van der Waals surface area (Å²) in [6.07, 6.45) is 0.827. The van der Waals surface area contributed by atoms with Gasteiger partial charge in [0.2, 0.25) is 0 Å². The van der Waals surface area contributed by atoms with E-state index < -0.39 is 11.9 Å². The lowest BCUT2D eigenvalue weighted by Crippen LogP contribution is -2.36. The van der Waals surface area contributed by atoms with Crippen LogP contribution >= 0.6 is 15.9 Å². The van der Waals surface area contributed by atoms with Crippen LogP contribution in [0, 0.1) is 5.92 Å². The molecule has 2 aromatic rings. The van der Waals surface area contributed by atoms with Crippen LogP contribution in [0.15, 0.2) is 57.3 Å². The highest BCUT2D eigenvalue weighted by atomic mass is 79.9. The smallest absolute Gasteiger partial charge is 0.336 e. The predicted octanol–water partition coefficient (Wildman–Crippen LogP) is 6.13. The minimum Gasteiger partial charge on any atom is -0.503 e. The van der Waals surface area contributed by atoms with Crippen LogP contribution in [0.4, 0.5) is 0 Å². The number of rotatable bonds is 9. The summed E-state index contributed by atoms with van der Waals surface area (Å²) in [5.74, 6) is 0.280. The monoisotopic (exact) mass is 613 g/mol. The third-order valence-corrected chi connectivity index (χ3v) is 7.76. The number of carbonyl (C=O) groups excluding carboxylic acids is 2. The van der Waals surface area contributed by atoms with Gasteiger partial charge in [0.1, 0.15) is 0 Å². The molecule has 40 heavy (non-hydrogen) atoms. The Hall–Kier alpha value is -3.46. The quantitative estimate of drug-likeness (QED) is 0.325. The molecule has 2 aromatic carbocycles. The Kier molecular flexibility index (Phi) is 9.13. The van der Waals surface area contributed by atoms with Crippen molar-refractivity contribution >= 4 is 27.7 Å². The summed E-state index contributed by atoms with van der Waals surface area (Å²) in [6, 6.07) is 9.13. The number of carbonyl (C=O) groups is 2. The number of esters is 1. The van der Waals surface area contributed by atoms with Gasteiger partial charge in [-0.1, -0.05) is 19.9 Å². The highest BCUT2D eigenvalue weighted by Gasteiger charge is 2.42. The Labute approximate surface area is 243 Å².